The maximum Gasteiger partial charge on any atom is 0.350 e. The lowest BCUT2D eigenvalue weighted by molar-refractivity contribution is -0.138. The minimum atomic E-state index is -0.529. The Kier molecular flexibility index (Phi) is 5.05. The Morgan fingerprint density at radius 3 is 2.80 bits per heavy atom. The van der Waals surface area contributed by atoms with Gasteiger partial charge in [0.05, 0.1) is 6.61 Å². The number of nitriles is 1. The molecular formula is C10H14N2O2S. The zero-order valence-electron chi connectivity index (χ0n) is 8.73. The molecule has 4 nitrogen and oxygen atoms in total. The minimum Gasteiger partial charge on any atom is -0.462 e. The topological polar surface area (TPSA) is 53.3 Å². The van der Waals surface area contributed by atoms with Gasteiger partial charge in [0.1, 0.15) is 6.07 Å². The molecule has 1 rings (SSSR count). The number of esters is 1. The van der Waals surface area contributed by atoms with Crippen LogP contribution in [0.5, 0.6) is 0 Å². The maximum absolute atomic E-state index is 11.3. The van der Waals surface area contributed by atoms with E-state index in [-0.39, 0.29) is 5.57 Å². The molecule has 0 radical (unpaired) electrons. The molecule has 15 heavy (non-hydrogen) atoms. The molecule has 1 aliphatic heterocycles. The molecular weight excluding hydrogens is 212 g/mol. The van der Waals surface area contributed by atoms with Crippen molar-refractivity contribution in [2.24, 2.45) is 0 Å². The zero-order valence-corrected chi connectivity index (χ0v) is 9.55. The van der Waals surface area contributed by atoms with Gasteiger partial charge < -0.3 is 9.64 Å². The van der Waals surface area contributed by atoms with Gasteiger partial charge in [0, 0.05) is 30.8 Å². The van der Waals surface area contributed by atoms with E-state index in [1.54, 1.807) is 13.1 Å². The number of hydrogen-bond donors (Lipinski definition) is 0. The number of carbonyl (C=O) groups is 1. The summed E-state index contributed by atoms with van der Waals surface area (Å²) in [5.74, 6) is 1.55. The van der Waals surface area contributed by atoms with Crippen LogP contribution >= 0.6 is 11.8 Å². The molecule has 0 amide bonds. The standard InChI is InChI=1S/C10H14N2O2S/c1-2-14-10(13)9(7-11)8-12-3-5-15-6-4-12/h8H,2-6H2,1H3/b9-8+. The molecule has 0 bridgehead atoms. The molecule has 5 heteroatoms. The van der Waals surface area contributed by atoms with Gasteiger partial charge in [-0.05, 0) is 6.92 Å². The van der Waals surface area contributed by atoms with Gasteiger partial charge in [0.25, 0.3) is 0 Å². The van der Waals surface area contributed by atoms with Crippen molar-refractivity contribution in [2.75, 3.05) is 31.2 Å². The molecule has 0 unspecified atom stereocenters. The van der Waals surface area contributed by atoms with E-state index in [4.69, 9.17) is 10.00 Å². The van der Waals surface area contributed by atoms with Crippen LogP contribution in [0.15, 0.2) is 11.8 Å². The molecule has 0 saturated carbocycles. The zero-order chi connectivity index (χ0) is 11.1. The van der Waals surface area contributed by atoms with Gasteiger partial charge in [-0.15, -0.1) is 0 Å². The molecule has 1 fully saturated rings. The van der Waals surface area contributed by atoms with E-state index in [0.29, 0.717) is 6.61 Å². The highest BCUT2D eigenvalue weighted by Gasteiger charge is 2.13. The van der Waals surface area contributed by atoms with Crippen LogP contribution in [0.3, 0.4) is 0 Å². The second-order valence-corrected chi connectivity index (χ2v) is 4.25. The van der Waals surface area contributed by atoms with E-state index < -0.39 is 5.97 Å². The van der Waals surface area contributed by atoms with Crippen LogP contribution in [-0.2, 0) is 9.53 Å². The summed E-state index contributed by atoms with van der Waals surface area (Å²) in [6.45, 7) is 3.79. The number of rotatable bonds is 3. The number of carbonyl (C=O) groups excluding carboxylic acids is 1. The summed E-state index contributed by atoms with van der Waals surface area (Å²) >= 11 is 1.88. The Morgan fingerprint density at radius 1 is 1.60 bits per heavy atom. The maximum atomic E-state index is 11.3. The van der Waals surface area contributed by atoms with E-state index in [1.165, 1.54) is 0 Å². The molecule has 0 aromatic heterocycles. The molecule has 0 aromatic carbocycles. The summed E-state index contributed by atoms with van der Waals surface area (Å²) in [7, 11) is 0. The van der Waals surface area contributed by atoms with E-state index in [2.05, 4.69) is 0 Å². The van der Waals surface area contributed by atoms with Crippen LogP contribution in [-0.4, -0.2) is 42.1 Å². The lowest BCUT2D eigenvalue weighted by atomic mass is 10.3. The number of thioether (sulfide) groups is 1. The van der Waals surface area contributed by atoms with Crippen LogP contribution in [0.4, 0.5) is 0 Å². The lowest BCUT2D eigenvalue weighted by Gasteiger charge is -2.24. The van der Waals surface area contributed by atoms with Crippen LogP contribution in [0.1, 0.15) is 6.92 Å². The van der Waals surface area contributed by atoms with Crippen molar-refractivity contribution in [3.05, 3.63) is 11.8 Å². The Bertz CT molecular complexity index is 290. The Balaban J connectivity index is 2.60. The molecule has 1 aliphatic rings. The second-order valence-electron chi connectivity index (χ2n) is 3.02. The average molecular weight is 226 g/mol. The van der Waals surface area contributed by atoms with E-state index >= 15 is 0 Å². The van der Waals surface area contributed by atoms with Crippen molar-refractivity contribution < 1.29 is 9.53 Å². The first-order valence-electron chi connectivity index (χ1n) is 4.88. The first-order chi connectivity index (χ1) is 7.27. The molecule has 0 N–H and O–H groups in total. The predicted molar refractivity (Wildman–Crippen MR) is 59.2 cm³/mol. The van der Waals surface area contributed by atoms with Crippen molar-refractivity contribution >= 4 is 17.7 Å². The lowest BCUT2D eigenvalue weighted by Crippen LogP contribution is -2.28. The smallest absolute Gasteiger partial charge is 0.350 e. The average Bonchev–Trinajstić information content (AvgIpc) is 2.27. The summed E-state index contributed by atoms with van der Waals surface area (Å²) in [5, 5.41) is 8.80. The Labute approximate surface area is 93.9 Å². The third kappa shape index (κ3) is 3.84. The first kappa shape index (κ1) is 11.9. The number of nitrogens with zero attached hydrogens (tertiary/aromatic N) is 2. The highest BCUT2D eigenvalue weighted by atomic mass is 32.2. The van der Waals surface area contributed by atoms with Gasteiger partial charge in [-0.25, -0.2) is 4.79 Å². The van der Waals surface area contributed by atoms with E-state index in [9.17, 15) is 4.79 Å². The van der Waals surface area contributed by atoms with Gasteiger partial charge in [0.15, 0.2) is 5.57 Å². The molecule has 0 spiro atoms. The summed E-state index contributed by atoms with van der Waals surface area (Å²) in [6.07, 6.45) is 1.61. The number of hydrogen-bond acceptors (Lipinski definition) is 5. The van der Waals surface area contributed by atoms with Crippen molar-refractivity contribution in [1.82, 2.24) is 4.90 Å². The third-order valence-electron chi connectivity index (χ3n) is 1.97. The van der Waals surface area contributed by atoms with E-state index in [1.807, 2.05) is 22.7 Å². The monoisotopic (exact) mass is 226 g/mol. The quantitative estimate of drug-likeness (QED) is 0.408. The van der Waals surface area contributed by atoms with Gasteiger partial charge in [-0.3, -0.25) is 0 Å². The van der Waals surface area contributed by atoms with Crippen molar-refractivity contribution in [1.29, 1.82) is 5.26 Å². The van der Waals surface area contributed by atoms with E-state index in [0.717, 1.165) is 24.6 Å². The SMILES string of the molecule is CCOC(=O)/C(C#N)=C/N1CCSCC1. The molecule has 0 aromatic rings. The van der Waals surface area contributed by atoms with Gasteiger partial charge >= 0.3 is 5.97 Å². The second kappa shape index (κ2) is 6.36. The summed E-state index contributed by atoms with van der Waals surface area (Å²) < 4.78 is 4.77. The van der Waals surface area contributed by atoms with Gasteiger partial charge in [-0.1, -0.05) is 0 Å². The van der Waals surface area contributed by atoms with Gasteiger partial charge in [-0.2, -0.15) is 17.0 Å². The Hall–Kier alpha value is -1.15. The fraction of sp³-hybridized carbons (Fsp3) is 0.600. The molecule has 1 saturated heterocycles. The highest BCUT2D eigenvalue weighted by molar-refractivity contribution is 7.99. The third-order valence-corrected chi connectivity index (χ3v) is 2.92. The molecule has 0 aliphatic carbocycles. The largest absolute Gasteiger partial charge is 0.462 e. The predicted octanol–water partition coefficient (Wildman–Crippen LogP) is 1.01. The fourth-order valence-corrected chi connectivity index (χ4v) is 2.16. The van der Waals surface area contributed by atoms with Crippen molar-refractivity contribution in [3.63, 3.8) is 0 Å². The van der Waals surface area contributed by atoms with Crippen molar-refractivity contribution in [2.45, 2.75) is 6.92 Å². The minimum absolute atomic E-state index is 0.0868. The summed E-state index contributed by atoms with van der Waals surface area (Å²) in [6, 6.07) is 1.87. The van der Waals surface area contributed by atoms with Crippen LogP contribution in [0.2, 0.25) is 0 Å². The van der Waals surface area contributed by atoms with Crippen molar-refractivity contribution in [3.8, 4) is 6.07 Å². The summed E-state index contributed by atoms with van der Waals surface area (Å²) in [5.41, 5.74) is 0.0868. The van der Waals surface area contributed by atoms with Crippen LogP contribution in [0.25, 0.3) is 0 Å². The normalized spacial score (nSPS) is 17.1. The Morgan fingerprint density at radius 2 is 2.27 bits per heavy atom. The number of ether oxygens (including phenoxy) is 1. The highest BCUT2D eigenvalue weighted by Crippen LogP contribution is 2.11. The summed E-state index contributed by atoms with van der Waals surface area (Å²) in [4.78, 5) is 13.3. The van der Waals surface area contributed by atoms with Crippen LogP contribution in [0, 0.1) is 11.3 Å². The molecule has 1 heterocycles. The molecule has 0 atom stereocenters. The van der Waals surface area contributed by atoms with Crippen LogP contribution < -0.4 is 0 Å². The fourth-order valence-electron chi connectivity index (χ4n) is 1.23. The van der Waals surface area contributed by atoms with Gasteiger partial charge in [0.2, 0.25) is 0 Å². The first-order valence-corrected chi connectivity index (χ1v) is 6.04. The molecule has 82 valence electrons.